The molecule has 29 heavy (non-hydrogen) atoms. The molecule has 0 aliphatic heterocycles. The summed E-state index contributed by atoms with van der Waals surface area (Å²) < 4.78 is 29.7. The number of nitrogens with one attached hydrogen (secondary N) is 1. The molecule has 1 aromatic heterocycles. The highest BCUT2D eigenvalue weighted by Crippen LogP contribution is 2.33. The van der Waals surface area contributed by atoms with E-state index in [1.54, 1.807) is 30.3 Å². The summed E-state index contributed by atoms with van der Waals surface area (Å²) in [5, 5.41) is 3.56. The molecule has 0 saturated carbocycles. The lowest BCUT2D eigenvalue weighted by atomic mass is 9.98. The van der Waals surface area contributed by atoms with Crippen LogP contribution in [0.5, 0.6) is 0 Å². The van der Waals surface area contributed by atoms with E-state index in [2.05, 4.69) is 5.32 Å². The number of fused-ring (bicyclic) bond motifs is 1. The third-order valence-corrected chi connectivity index (χ3v) is 5.93. The molecule has 0 saturated heterocycles. The van der Waals surface area contributed by atoms with Crippen molar-refractivity contribution in [1.82, 2.24) is 0 Å². The first-order chi connectivity index (χ1) is 13.9. The van der Waals surface area contributed by atoms with Gasteiger partial charge in [0, 0.05) is 24.6 Å². The minimum atomic E-state index is -3.31. The van der Waals surface area contributed by atoms with E-state index in [0.29, 0.717) is 27.9 Å². The highest BCUT2D eigenvalue weighted by atomic mass is 32.2. The standard InChI is InChI=1S/C23H19NO4S/c1-24-17-11-7-15(8-12-17)21-22(25)19-5-3-4-6-20(19)28-23(21)16-9-13-18(14-10-16)29(2,26)27/h3-14,24H,1-2H3. The lowest BCUT2D eigenvalue weighted by molar-refractivity contribution is 0.601. The molecule has 5 nitrogen and oxygen atoms in total. The average molecular weight is 405 g/mol. The third kappa shape index (κ3) is 3.54. The van der Waals surface area contributed by atoms with Gasteiger partial charge in [-0.05, 0) is 54.1 Å². The molecule has 0 spiro atoms. The molecule has 0 fully saturated rings. The van der Waals surface area contributed by atoms with Crippen LogP contribution in [-0.4, -0.2) is 21.7 Å². The molecule has 6 heteroatoms. The molecule has 0 unspecified atom stereocenters. The van der Waals surface area contributed by atoms with Gasteiger partial charge in [-0.25, -0.2) is 8.42 Å². The number of benzene rings is 3. The summed E-state index contributed by atoms with van der Waals surface area (Å²) >= 11 is 0. The third-order valence-electron chi connectivity index (χ3n) is 4.80. The van der Waals surface area contributed by atoms with Crippen molar-refractivity contribution in [2.75, 3.05) is 18.6 Å². The predicted octanol–water partition coefficient (Wildman–Crippen LogP) is 4.57. The molecule has 0 atom stereocenters. The van der Waals surface area contributed by atoms with Gasteiger partial charge in [-0.1, -0.05) is 24.3 Å². The van der Waals surface area contributed by atoms with E-state index in [9.17, 15) is 13.2 Å². The average Bonchev–Trinajstić information content (AvgIpc) is 2.73. The summed E-state index contributed by atoms with van der Waals surface area (Å²) in [5.74, 6) is 0.408. The first-order valence-electron chi connectivity index (χ1n) is 9.03. The van der Waals surface area contributed by atoms with Crippen LogP contribution < -0.4 is 10.7 Å². The summed E-state index contributed by atoms with van der Waals surface area (Å²) in [6.45, 7) is 0. The van der Waals surface area contributed by atoms with Gasteiger partial charge in [-0.3, -0.25) is 4.79 Å². The zero-order valence-electron chi connectivity index (χ0n) is 16.0. The molecule has 1 N–H and O–H groups in total. The first-order valence-corrected chi connectivity index (χ1v) is 10.9. The Hall–Kier alpha value is -3.38. The van der Waals surface area contributed by atoms with Gasteiger partial charge in [-0.15, -0.1) is 0 Å². The Morgan fingerprint density at radius 2 is 1.45 bits per heavy atom. The van der Waals surface area contributed by atoms with Gasteiger partial charge in [0.25, 0.3) is 0 Å². The Bertz CT molecular complexity index is 1350. The Morgan fingerprint density at radius 1 is 0.828 bits per heavy atom. The fourth-order valence-electron chi connectivity index (χ4n) is 3.26. The van der Waals surface area contributed by atoms with E-state index in [1.165, 1.54) is 12.1 Å². The van der Waals surface area contributed by atoms with Crippen molar-refractivity contribution in [1.29, 1.82) is 0 Å². The quantitative estimate of drug-likeness (QED) is 0.538. The molecule has 0 bridgehead atoms. The second kappa shape index (κ2) is 7.22. The Morgan fingerprint density at radius 3 is 2.07 bits per heavy atom. The normalized spacial score (nSPS) is 11.5. The summed E-state index contributed by atoms with van der Waals surface area (Å²) in [7, 11) is -1.49. The van der Waals surface area contributed by atoms with Crippen molar-refractivity contribution in [2.45, 2.75) is 4.90 Å². The maximum atomic E-state index is 13.3. The van der Waals surface area contributed by atoms with E-state index in [4.69, 9.17) is 4.42 Å². The molecule has 146 valence electrons. The molecule has 4 rings (SSSR count). The summed E-state index contributed by atoms with van der Waals surface area (Å²) in [5.41, 5.74) is 3.08. The van der Waals surface area contributed by atoms with Crippen LogP contribution >= 0.6 is 0 Å². The number of hydrogen-bond donors (Lipinski definition) is 1. The summed E-state index contributed by atoms with van der Waals surface area (Å²) in [4.78, 5) is 13.5. The summed E-state index contributed by atoms with van der Waals surface area (Å²) in [6.07, 6.45) is 1.16. The molecule has 1 heterocycles. The van der Waals surface area contributed by atoms with Crippen molar-refractivity contribution in [3.05, 3.63) is 83.0 Å². The smallest absolute Gasteiger partial charge is 0.201 e. The van der Waals surface area contributed by atoms with Crippen LogP contribution in [0.1, 0.15) is 0 Å². The van der Waals surface area contributed by atoms with Crippen LogP contribution in [0.2, 0.25) is 0 Å². The van der Waals surface area contributed by atoms with Crippen LogP contribution in [-0.2, 0) is 9.84 Å². The van der Waals surface area contributed by atoms with Gasteiger partial charge in [0.1, 0.15) is 11.3 Å². The molecule has 0 radical (unpaired) electrons. The fraction of sp³-hybridized carbons (Fsp3) is 0.0870. The highest BCUT2D eigenvalue weighted by Gasteiger charge is 2.18. The molecule has 0 amide bonds. The molecule has 4 aromatic rings. The van der Waals surface area contributed by atoms with E-state index in [-0.39, 0.29) is 10.3 Å². The number of hydrogen-bond acceptors (Lipinski definition) is 5. The lowest BCUT2D eigenvalue weighted by Crippen LogP contribution is -2.07. The topological polar surface area (TPSA) is 76.4 Å². The number of sulfone groups is 1. The van der Waals surface area contributed by atoms with E-state index in [0.717, 1.165) is 17.5 Å². The van der Waals surface area contributed by atoms with Crippen molar-refractivity contribution < 1.29 is 12.8 Å². The van der Waals surface area contributed by atoms with Crippen molar-refractivity contribution in [2.24, 2.45) is 0 Å². The van der Waals surface area contributed by atoms with Crippen LogP contribution in [0.3, 0.4) is 0 Å². The van der Waals surface area contributed by atoms with Crippen LogP contribution in [0.25, 0.3) is 33.4 Å². The maximum absolute atomic E-state index is 13.3. The Labute approximate surface area is 168 Å². The van der Waals surface area contributed by atoms with Crippen LogP contribution in [0, 0.1) is 0 Å². The summed E-state index contributed by atoms with van der Waals surface area (Å²) in [6, 6.07) is 21.0. The zero-order valence-corrected chi connectivity index (χ0v) is 16.8. The minimum absolute atomic E-state index is 0.133. The lowest BCUT2D eigenvalue weighted by Gasteiger charge is -2.11. The monoisotopic (exact) mass is 405 g/mol. The highest BCUT2D eigenvalue weighted by molar-refractivity contribution is 7.90. The predicted molar refractivity (Wildman–Crippen MR) is 116 cm³/mol. The van der Waals surface area contributed by atoms with Crippen molar-refractivity contribution >= 4 is 26.5 Å². The maximum Gasteiger partial charge on any atom is 0.201 e. The van der Waals surface area contributed by atoms with Crippen molar-refractivity contribution in [3.63, 3.8) is 0 Å². The minimum Gasteiger partial charge on any atom is -0.455 e. The van der Waals surface area contributed by atoms with Crippen LogP contribution in [0.4, 0.5) is 5.69 Å². The van der Waals surface area contributed by atoms with E-state index in [1.807, 2.05) is 37.4 Å². The van der Waals surface area contributed by atoms with Gasteiger partial charge in [0.2, 0.25) is 5.43 Å². The fourth-order valence-corrected chi connectivity index (χ4v) is 3.89. The molecule has 0 aliphatic rings. The van der Waals surface area contributed by atoms with Gasteiger partial charge in [-0.2, -0.15) is 0 Å². The molecule has 0 aliphatic carbocycles. The largest absolute Gasteiger partial charge is 0.455 e. The van der Waals surface area contributed by atoms with Crippen molar-refractivity contribution in [3.8, 4) is 22.5 Å². The van der Waals surface area contributed by atoms with Gasteiger partial charge in [0.15, 0.2) is 9.84 Å². The second-order valence-corrected chi connectivity index (χ2v) is 8.77. The van der Waals surface area contributed by atoms with Gasteiger partial charge < -0.3 is 9.73 Å². The van der Waals surface area contributed by atoms with E-state index < -0.39 is 9.84 Å². The van der Waals surface area contributed by atoms with Gasteiger partial charge >= 0.3 is 0 Å². The Balaban J connectivity index is 2.00. The molecular formula is C23H19NO4S. The SMILES string of the molecule is CNc1ccc(-c2c(-c3ccc(S(C)(=O)=O)cc3)oc3ccccc3c2=O)cc1. The first kappa shape index (κ1) is 19.0. The second-order valence-electron chi connectivity index (χ2n) is 6.76. The zero-order chi connectivity index (χ0) is 20.6. The number of anilines is 1. The van der Waals surface area contributed by atoms with Gasteiger partial charge in [0.05, 0.1) is 15.8 Å². The number of rotatable bonds is 4. The molecular weight excluding hydrogens is 386 g/mol. The molecule has 3 aromatic carbocycles. The number of para-hydroxylation sites is 1. The van der Waals surface area contributed by atoms with Crippen LogP contribution in [0.15, 0.2) is 86.9 Å². The van der Waals surface area contributed by atoms with E-state index >= 15 is 0 Å². The Kier molecular flexibility index (Phi) is 4.72.